The largest absolute Gasteiger partial charge is 0.349 e. The van der Waals surface area contributed by atoms with Gasteiger partial charge in [-0.3, -0.25) is 19.2 Å². The van der Waals surface area contributed by atoms with Crippen molar-refractivity contribution in [3.63, 3.8) is 0 Å². The van der Waals surface area contributed by atoms with Crippen LogP contribution in [0, 0.1) is 28.6 Å². The fraction of sp³-hybridized carbons (Fsp3) is 0.861. The van der Waals surface area contributed by atoms with Crippen molar-refractivity contribution < 1.29 is 32.4 Å². The number of hydrogen-bond donors (Lipinski definition) is 4. The number of hydrogen-bond acceptors (Lipinski definition) is 7. The molecule has 5 aliphatic rings. The van der Waals surface area contributed by atoms with E-state index in [1.807, 2.05) is 27.7 Å². The van der Waals surface area contributed by atoms with Crippen LogP contribution < -0.4 is 21.3 Å². The zero-order valence-electron chi connectivity index (χ0n) is 30.4. The Morgan fingerprint density at radius 1 is 0.918 bits per heavy atom. The second kappa shape index (κ2) is 14.1. The van der Waals surface area contributed by atoms with Crippen LogP contribution in [0.2, 0.25) is 0 Å². The Morgan fingerprint density at radius 2 is 1.59 bits per heavy atom. The van der Waals surface area contributed by atoms with Gasteiger partial charge < -0.3 is 26.2 Å². The molecule has 2 aliphatic heterocycles. The molecule has 2 heterocycles. The van der Waals surface area contributed by atoms with E-state index >= 15 is 0 Å². The Labute approximate surface area is 292 Å². The van der Waals surface area contributed by atoms with Crippen molar-refractivity contribution in [1.29, 1.82) is 0 Å². The molecular formula is C36H59N5O7S. The highest BCUT2D eigenvalue weighted by Gasteiger charge is 2.70. The summed E-state index contributed by atoms with van der Waals surface area (Å²) in [7, 11) is -3.35. The number of Topliss-reactive ketones (excluding diaryl/α,β-unsaturated/α-hetero) is 1. The molecule has 0 spiro atoms. The summed E-state index contributed by atoms with van der Waals surface area (Å²) in [5.74, 6) is -1.89. The number of nitrogens with one attached hydrogen (secondary N) is 4. The van der Waals surface area contributed by atoms with Crippen LogP contribution in [-0.2, 0) is 29.0 Å². The summed E-state index contributed by atoms with van der Waals surface area (Å²) in [6.07, 6.45) is 8.85. The molecule has 5 fully saturated rings. The monoisotopic (exact) mass is 705 g/mol. The summed E-state index contributed by atoms with van der Waals surface area (Å²) >= 11 is 0. The standard InChI is InChI=1S/C36H59N5O7S/c1-7-18-37-31(44)28(42)24(20-22-13-11-14-22)38-30(43)27-26-23(35(26,5)6)21-41(27)32(45)29(34(2,3)4)39-33(46)40-36(16-9-8-10-17-36)25-15-12-19-49(25,47)48/h22-27,29H,7-21H2,1-6H3,(H,37,44)(H,38,43)(H2,39,40,46)/t23-,24?,25?,26-,27-,29+/m0/s1. The number of ketones is 1. The van der Waals surface area contributed by atoms with Crippen LogP contribution >= 0.6 is 0 Å². The zero-order valence-corrected chi connectivity index (χ0v) is 31.2. The van der Waals surface area contributed by atoms with E-state index in [1.165, 1.54) is 0 Å². The fourth-order valence-corrected chi connectivity index (χ4v) is 11.5. The van der Waals surface area contributed by atoms with E-state index in [0.717, 1.165) is 38.5 Å². The number of sulfone groups is 1. The molecule has 49 heavy (non-hydrogen) atoms. The van der Waals surface area contributed by atoms with Crippen molar-refractivity contribution in [2.75, 3.05) is 18.8 Å². The maximum atomic E-state index is 14.5. The lowest BCUT2D eigenvalue weighted by Gasteiger charge is -2.43. The van der Waals surface area contributed by atoms with Gasteiger partial charge in [-0.05, 0) is 67.1 Å². The summed E-state index contributed by atoms with van der Waals surface area (Å²) in [4.78, 5) is 70.1. The summed E-state index contributed by atoms with van der Waals surface area (Å²) in [5.41, 5.74) is -1.81. The topological polar surface area (TPSA) is 171 Å². The second-order valence-corrected chi connectivity index (χ2v) is 19.5. The zero-order chi connectivity index (χ0) is 35.9. The first kappa shape index (κ1) is 37.6. The number of nitrogens with zero attached hydrogens (tertiary/aromatic N) is 1. The molecule has 5 rings (SSSR count). The highest BCUT2D eigenvalue weighted by molar-refractivity contribution is 7.92. The van der Waals surface area contributed by atoms with Gasteiger partial charge in [-0.15, -0.1) is 0 Å². The Morgan fingerprint density at radius 3 is 2.14 bits per heavy atom. The van der Waals surface area contributed by atoms with Crippen LogP contribution in [0.3, 0.4) is 0 Å². The molecule has 13 heteroatoms. The van der Waals surface area contributed by atoms with Crippen LogP contribution in [0.5, 0.6) is 0 Å². The third-order valence-electron chi connectivity index (χ3n) is 12.4. The van der Waals surface area contributed by atoms with Gasteiger partial charge in [-0.25, -0.2) is 13.2 Å². The van der Waals surface area contributed by atoms with E-state index < -0.39 is 67.8 Å². The van der Waals surface area contributed by atoms with Crippen molar-refractivity contribution in [2.24, 2.45) is 28.6 Å². The third kappa shape index (κ3) is 7.66. The van der Waals surface area contributed by atoms with Gasteiger partial charge in [-0.1, -0.05) is 80.1 Å². The molecule has 276 valence electrons. The smallest absolute Gasteiger partial charge is 0.315 e. The predicted octanol–water partition coefficient (Wildman–Crippen LogP) is 3.23. The quantitative estimate of drug-likeness (QED) is 0.226. The number of urea groups is 1. The summed E-state index contributed by atoms with van der Waals surface area (Å²) in [6, 6.07) is -3.41. The molecule has 2 unspecified atom stereocenters. The number of carbonyl (C=O) groups excluding carboxylic acids is 5. The first-order valence-electron chi connectivity index (χ1n) is 18.7. The van der Waals surface area contributed by atoms with Gasteiger partial charge in [0.15, 0.2) is 9.84 Å². The summed E-state index contributed by atoms with van der Waals surface area (Å²) in [6.45, 7) is 12.3. The Balaban J connectivity index is 1.35. The van der Waals surface area contributed by atoms with Gasteiger partial charge in [0.05, 0.1) is 22.6 Å². The predicted molar refractivity (Wildman–Crippen MR) is 186 cm³/mol. The number of carbonyl (C=O) groups is 5. The Bertz CT molecular complexity index is 1410. The van der Waals surface area contributed by atoms with Gasteiger partial charge in [0.2, 0.25) is 17.6 Å². The fourth-order valence-electron chi connectivity index (χ4n) is 9.18. The molecule has 3 aliphatic carbocycles. The lowest BCUT2D eigenvalue weighted by molar-refractivity contribution is -0.145. The maximum Gasteiger partial charge on any atom is 0.315 e. The van der Waals surface area contributed by atoms with E-state index in [2.05, 4.69) is 35.1 Å². The molecule has 0 aromatic carbocycles. The van der Waals surface area contributed by atoms with Crippen LogP contribution in [0.1, 0.15) is 119 Å². The molecule has 12 nitrogen and oxygen atoms in total. The Hall–Kier alpha value is -2.70. The van der Waals surface area contributed by atoms with Gasteiger partial charge >= 0.3 is 6.03 Å². The number of amides is 5. The minimum Gasteiger partial charge on any atom is -0.349 e. The molecule has 0 radical (unpaired) electrons. The van der Waals surface area contributed by atoms with Gasteiger partial charge in [0, 0.05) is 13.1 Å². The maximum absolute atomic E-state index is 14.5. The van der Waals surface area contributed by atoms with Crippen molar-refractivity contribution >= 4 is 39.4 Å². The highest BCUT2D eigenvalue weighted by Crippen LogP contribution is 2.65. The average molecular weight is 706 g/mol. The van der Waals surface area contributed by atoms with Gasteiger partial charge in [-0.2, -0.15) is 0 Å². The average Bonchev–Trinajstić information content (AvgIpc) is 3.33. The first-order valence-corrected chi connectivity index (χ1v) is 20.4. The number of piperidine rings is 1. The molecular weight excluding hydrogens is 646 g/mol. The third-order valence-corrected chi connectivity index (χ3v) is 14.8. The van der Waals surface area contributed by atoms with E-state index in [4.69, 9.17) is 0 Å². The van der Waals surface area contributed by atoms with Crippen LogP contribution in [0.15, 0.2) is 0 Å². The summed E-state index contributed by atoms with van der Waals surface area (Å²) < 4.78 is 26.1. The Kier molecular flexibility index (Phi) is 10.8. The van der Waals surface area contributed by atoms with Crippen LogP contribution in [0.4, 0.5) is 4.79 Å². The molecule has 0 aromatic heterocycles. The molecule has 4 N–H and O–H groups in total. The second-order valence-electron chi connectivity index (χ2n) is 17.2. The number of likely N-dealkylation sites (tertiary alicyclic amines) is 1. The van der Waals surface area contributed by atoms with E-state index in [0.29, 0.717) is 51.6 Å². The van der Waals surface area contributed by atoms with E-state index in [9.17, 15) is 32.4 Å². The van der Waals surface area contributed by atoms with Gasteiger partial charge in [0.25, 0.3) is 5.91 Å². The molecule has 0 bridgehead atoms. The lowest BCUT2D eigenvalue weighted by Crippen LogP contribution is -2.65. The van der Waals surface area contributed by atoms with Crippen molar-refractivity contribution in [3.05, 3.63) is 0 Å². The van der Waals surface area contributed by atoms with Gasteiger partial charge in [0.1, 0.15) is 12.1 Å². The molecule has 5 amide bonds. The normalized spacial score (nSPS) is 29.5. The van der Waals surface area contributed by atoms with Crippen LogP contribution in [-0.4, -0.2) is 90.6 Å². The number of fused-ring (bicyclic) bond motifs is 1. The molecule has 3 saturated carbocycles. The van der Waals surface area contributed by atoms with E-state index in [-0.39, 0.29) is 34.8 Å². The minimum atomic E-state index is -3.35. The summed E-state index contributed by atoms with van der Waals surface area (Å²) in [5, 5.41) is 10.9. The molecule has 2 saturated heterocycles. The molecule has 0 aromatic rings. The highest BCUT2D eigenvalue weighted by atomic mass is 32.2. The van der Waals surface area contributed by atoms with E-state index in [1.54, 1.807) is 4.90 Å². The van der Waals surface area contributed by atoms with Crippen molar-refractivity contribution in [1.82, 2.24) is 26.2 Å². The minimum absolute atomic E-state index is 0.0772. The first-order chi connectivity index (χ1) is 22.9. The SMILES string of the molecule is CCCNC(=O)C(=O)C(CC1CCC1)NC(=O)[C@@H]1[C@@H]2[C@H](CN1C(=O)[C@@H](NC(=O)NC1(C3CCCS3(=O)=O)CCCCC1)C(C)(C)C)C2(C)C. The van der Waals surface area contributed by atoms with Crippen molar-refractivity contribution in [3.8, 4) is 0 Å². The van der Waals surface area contributed by atoms with Crippen LogP contribution in [0.25, 0.3) is 0 Å². The number of rotatable bonds is 12. The van der Waals surface area contributed by atoms with Crippen molar-refractivity contribution in [2.45, 2.75) is 148 Å². The lowest BCUT2D eigenvalue weighted by atomic mass is 9.78. The molecule has 6 atom stereocenters.